The molecule has 0 aromatic heterocycles. The molecular formula is C14H21ClN2O. The van der Waals surface area contributed by atoms with Gasteiger partial charge in [0.15, 0.2) is 0 Å². The van der Waals surface area contributed by atoms with Gasteiger partial charge in [0.05, 0.1) is 5.60 Å². The number of hydrogen-bond acceptors (Lipinski definition) is 3. The normalized spacial score (nSPS) is 25.0. The quantitative estimate of drug-likeness (QED) is 0.867. The zero-order chi connectivity index (χ0) is 13.2. The number of benzene rings is 1. The van der Waals surface area contributed by atoms with Gasteiger partial charge in [-0.2, -0.15) is 0 Å². The summed E-state index contributed by atoms with van der Waals surface area (Å²) in [6.45, 7) is 4.22. The molecule has 1 saturated heterocycles. The lowest BCUT2D eigenvalue weighted by Gasteiger charge is -2.26. The molecule has 1 aromatic rings. The lowest BCUT2D eigenvalue weighted by Crippen LogP contribution is -2.29. The predicted octanol–water partition coefficient (Wildman–Crippen LogP) is 2.54. The summed E-state index contributed by atoms with van der Waals surface area (Å²) in [6, 6.07) is 5.84. The highest BCUT2D eigenvalue weighted by atomic mass is 35.5. The van der Waals surface area contributed by atoms with Crippen LogP contribution in [0.1, 0.15) is 31.7 Å². The minimum absolute atomic E-state index is 0.513. The van der Waals surface area contributed by atoms with Crippen molar-refractivity contribution in [2.45, 2.75) is 38.3 Å². The van der Waals surface area contributed by atoms with Crippen LogP contribution in [0.5, 0.6) is 0 Å². The van der Waals surface area contributed by atoms with Crippen molar-refractivity contribution in [2.75, 3.05) is 18.0 Å². The van der Waals surface area contributed by atoms with Crippen molar-refractivity contribution in [1.82, 2.24) is 0 Å². The monoisotopic (exact) mass is 268 g/mol. The summed E-state index contributed by atoms with van der Waals surface area (Å²) in [5.74, 6) is 0. The van der Waals surface area contributed by atoms with Gasteiger partial charge in [0.1, 0.15) is 0 Å². The van der Waals surface area contributed by atoms with E-state index in [0.29, 0.717) is 6.54 Å². The van der Waals surface area contributed by atoms with Crippen LogP contribution >= 0.6 is 11.6 Å². The van der Waals surface area contributed by atoms with Gasteiger partial charge >= 0.3 is 0 Å². The van der Waals surface area contributed by atoms with E-state index in [-0.39, 0.29) is 0 Å². The molecule has 1 fully saturated rings. The van der Waals surface area contributed by atoms with Gasteiger partial charge in [-0.05, 0) is 43.9 Å². The third-order valence-corrected chi connectivity index (χ3v) is 3.91. The number of nitrogens with two attached hydrogens (primary N) is 1. The summed E-state index contributed by atoms with van der Waals surface area (Å²) in [5.41, 5.74) is 7.46. The summed E-state index contributed by atoms with van der Waals surface area (Å²) in [5, 5.41) is 10.9. The molecule has 18 heavy (non-hydrogen) atoms. The van der Waals surface area contributed by atoms with Crippen LogP contribution in [0.25, 0.3) is 0 Å². The van der Waals surface area contributed by atoms with E-state index in [1.807, 2.05) is 25.1 Å². The zero-order valence-corrected chi connectivity index (χ0v) is 11.6. The van der Waals surface area contributed by atoms with Crippen LogP contribution in [-0.4, -0.2) is 23.8 Å². The first-order valence-corrected chi connectivity index (χ1v) is 6.85. The molecule has 4 heteroatoms. The van der Waals surface area contributed by atoms with E-state index in [9.17, 15) is 5.11 Å². The van der Waals surface area contributed by atoms with Gasteiger partial charge in [-0.3, -0.25) is 0 Å². The van der Waals surface area contributed by atoms with Crippen LogP contribution in [0.2, 0.25) is 5.02 Å². The third-order valence-electron chi connectivity index (χ3n) is 3.67. The van der Waals surface area contributed by atoms with Crippen molar-refractivity contribution in [2.24, 2.45) is 5.73 Å². The molecule has 0 amide bonds. The average Bonchev–Trinajstić information content (AvgIpc) is 2.50. The van der Waals surface area contributed by atoms with E-state index >= 15 is 0 Å². The largest absolute Gasteiger partial charge is 0.390 e. The molecule has 2 rings (SSSR count). The second-order valence-electron chi connectivity index (χ2n) is 5.31. The van der Waals surface area contributed by atoms with Crippen molar-refractivity contribution in [3.05, 3.63) is 28.8 Å². The molecule has 3 N–H and O–H groups in total. The molecule has 0 spiro atoms. The fourth-order valence-electron chi connectivity index (χ4n) is 2.51. The number of halogens is 1. The lowest BCUT2D eigenvalue weighted by atomic mass is 9.98. The topological polar surface area (TPSA) is 49.5 Å². The number of aliphatic hydroxyl groups is 1. The highest BCUT2D eigenvalue weighted by Gasteiger charge is 2.25. The highest BCUT2D eigenvalue weighted by molar-refractivity contribution is 6.30. The second-order valence-corrected chi connectivity index (χ2v) is 5.75. The van der Waals surface area contributed by atoms with Crippen molar-refractivity contribution in [3.63, 3.8) is 0 Å². The molecule has 1 aliphatic heterocycles. The smallest absolute Gasteiger partial charge is 0.0637 e. The first-order chi connectivity index (χ1) is 8.52. The number of hydrogen-bond donors (Lipinski definition) is 2. The van der Waals surface area contributed by atoms with E-state index in [2.05, 4.69) is 4.90 Å². The molecule has 1 atom stereocenters. The Kier molecular flexibility index (Phi) is 4.15. The number of nitrogens with zero attached hydrogens (tertiary/aromatic N) is 1. The van der Waals surface area contributed by atoms with E-state index < -0.39 is 5.60 Å². The summed E-state index contributed by atoms with van der Waals surface area (Å²) in [7, 11) is 0. The highest BCUT2D eigenvalue weighted by Crippen LogP contribution is 2.29. The molecule has 0 bridgehead atoms. The van der Waals surface area contributed by atoms with Crippen LogP contribution in [0.3, 0.4) is 0 Å². The first-order valence-electron chi connectivity index (χ1n) is 6.48. The van der Waals surface area contributed by atoms with Crippen LogP contribution < -0.4 is 10.6 Å². The van der Waals surface area contributed by atoms with E-state index in [1.54, 1.807) is 0 Å². The number of anilines is 1. The average molecular weight is 269 g/mol. The van der Waals surface area contributed by atoms with E-state index in [0.717, 1.165) is 48.6 Å². The number of rotatable bonds is 2. The molecule has 1 aliphatic rings. The Morgan fingerprint density at radius 2 is 2.17 bits per heavy atom. The molecule has 0 radical (unpaired) electrons. The molecule has 100 valence electrons. The minimum Gasteiger partial charge on any atom is -0.390 e. The Balaban J connectivity index is 2.23. The molecular weight excluding hydrogens is 248 g/mol. The molecule has 0 aliphatic carbocycles. The second kappa shape index (κ2) is 5.47. The van der Waals surface area contributed by atoms with Crippen molar-refractivity contribution in [3.8, 4) is 0 Å². The van der Waals surface area contributed by atoms with Crippen LogP contribution in [0.4, 0.5) is 5.69 Å². The summed E-state index contributed by atoms with van der Waals surface area (Å²) in [4.78, 5) is 2.29. The van der Waals surface area contributed by atoms with Gasteiger partial charge in [-0.25, -0.2) is 0 Å². The predicted molar refractivity (Wildman–Crippen MR) is 76.0 cm³/mol. The van der Waals surface area contributed by atoms with Crippen LogP contribution in [-0.2, 0) is 6.54 Å². The maximum Gasteiger partial charge on any atom is 0.0637 e. The third kappa shape index (κ3) is 3.16. The minimum atomic E-state index is -0.545. The van der Waals surface area contributed by atoms with Crippen LogP contribution in [0.15, 0.2) is 18.2 Å². The van der Waals surface area contributed by atoms with Crippen molar-refractivity contribution < 1.29 is 5.11 Å². The van der Waals surface area contributed by atoms with Gasteiger partial charge in [0.25, 0.3) is 0 Å². The molecule has 0 saturated carbocycles. The first kappa shape index (κ1) is 13.7. The fraction of sp³-hybridized carbons (Fsp3) is 0.571. The Hall–Kier alpha value is -0.770. The standard InChI is InChI=1S/C14H21ClN2O/c1-14(18)5-2-7-17(8-6-14)13-9-12(15)4-3-11(13)10-16/h3-4,9,18H,2,5-8,10,16H2,1H3. The summed E-state index contributed by atoms with van der Waals surface area (Å²) >= 11 is 6.07. The molecule has 1 heterocycles. The summed E-state index contributed by atoms with van der Waals surface area (Å²) in [6.07, 6.45) is 2.62. The van der Waals surface area contributed by atoms with Gasteiger partial charge in [0.2, 0.25) is 0 Å². The Bertz CT molecular complexity index is 420. The maximum atomic E-state index is 10.1. The SMILES string of the molecule is CC1(O)CCCN(c2cc(Cl)ccc2CN)CC1. The van der Waals surface area contributed by atoms with Crippen molar-refractivity contribution in [1.29, 1.82) is 0 Å². The van der Waals surface area contributed by atoms with Gasteiger partial charge < -0.3 is 15.7 Å². The van der Waals surface area contributed by atoms with Crippen molar-refractivity contribution >= 4 is 17.3 Å². The van der Waals surface area contributed by atoms with Gasteiger partial charge in [-0.15, -0.1) is 0 Å². The lowest BCUT2D eigenvalue weighted by molar-refractivity contribution is 0.0481. The molecule has 3 nitrogen and oxygen atoms in total. The Labute approximate surface area is 114 Å². The molecule has 1 unspecified atom stereocenters. The summed E-state index contributed by atoms with van der Waals surface area (Å²) < 4.78 is 0. The Morgan fingerprint density at radius 1 is 1.39 bits per heavy atom. The van der Waals surface area contributed by atoms with E-state index in [1.165, 1.54) is 0 Å². The van der Waals surface area contributed by atoms with Crippen LogP contribution in [0, 0.1) is 0 Å². The van der Waals surface area contributed by atoms with Gasteiger partial charge in [-0.1, -0.05) is 17.7 Å². The molecule has 1 aromatic carbocycles. The van der Waals surface area contributed by atoms with E-state index in [4.69, 9.17) is 17.3 Å². The fourth-order valence-corrected chi connectivity index (χ4v) is 2.67. The Morgan fingerprint density at radius 3 is 2.89 bits per heavy atom. The van der Waals surface area contributed by atoms with Gasteiger partial charge in [0, 0.05) is 30.3 Å². The zero-order valence-electron chi connectivity index (χ0n) is 10.8. The maximum absolute atomic E-state index is 10.1.